The average Bonchev–Trinajstić information content (AvgIpc) is 2.74. The van der Waals surface area contributed by atoms with Crippen molar-refractivity contribution < 1.29 is 0 Å². The van der Waals surface area contributed by atoms with Crippen molar-refractivity contribution in [1.82, 2.24) is 9.97 Å². The number of hydrogen-bond acceptors (Lipinski definition) is 4. The van der Waals surface area contributed by atoms with E-state index in [1.165, 1.54) is 0 Å². The maximum Gasteiger partial charge on any atom is 0.142 e. The normalized spacial score (nSPS) is 10.3. The smallest absolute Gasteiger partial charge is 0.142 e. The van der Waals surface area contributed by atoms with Crippen LogP contribution < -0.4 is 5.73 Å². The van der Waals surface area contributed by atoms with Crippen molar-refractivity contribution in [1.29, 1.82) is 5.26 Å². The van der Waals surface area contributed by atoms with Crippen LogP contribution in [0.2, 0.25) is 0 Å². The molecule has 0 bridgehead atoms. The second-order valence-electron chi connectivity index (χ2n) is 6.11. The highest BCUT2D eigenvalue weighted by molar-refractivity contribution is 5.80. The van der Waals surface area contributed by atoms with Crippen molar-refractivity contribution in [2.45, 2.75) is 0 Å². The fourth-order valence-electron chi connectivity index (χ4n) is 3.05. The van der Waals surface area contributed by atoms with E-state index in [2.05, 4.69) is 40.3 Å². The molecule has 4 heteroatoms. The first kappa shape index (κ1) is 16.5. The summed E-state index contributed by atoms with van der Waals surface area (Å²) >= 11 is 0. The third-order valence-corrected chi connectivity index (χ3v) is 4.44. The van der Waals surface area contributed by atoms with E-state index in [4.69, 9.17) is 5.73 Å². The van der Waals surface area contributed by atoms with Gasteiger partial charge in [-0.2, -0.15) is 5.26 Å². The lowest BCUT2D eigenvalue weighted by molar-refractivity contribution is 1.29. The van der Waals surface area contributed by atoms with E-state index in [1.54, 1.807) is 12.4 Å². The fourth-order valence-corrected chi connectivity index (χ4v) is 3.05. The first-order valence-corrected chi connectivity index (χ1v) is 8.53. The number of aromatic nitrogens is 2. The molecule has 0 unspecified atom stereocenters. The third kappa shape index (κ3) is 3.26. The standard InChI is InChI=1S/C23H16N4/c24-15-21-20(18-10-12-26-13-11-18)14-22(27-23(21)25)19-8-6-17(7-9-19)16-4-2-1-3-5-16/h1-14H,(H2,25,27). The number of nitriles is 1. The molecule has 4 nitrogen and oxygen atoms in total. The van der Waals surface area contributed by atoms with E-state index >= 15 is 0 Å². The minimum Gasteiger partial charge on any atom is -0.383 e. The Morgan fingerprint density at radius 3 is 2.04 bits per heavy atom. The SMILES string of the molecule is N#Cc1c(-c2ccncc2)cc(-c2ccc(-c3ccccc3)cc2)nc1N. The Balaban J connectivity index is 1.79. The molecule has 0 fully saturated rings. The summed E-state index contributed by atoms with van der Waals surface area (Å²) in [5, 5.41) is 9.50. The summed E-state index contributed by atoms with van der Waals surface area (Å²) in [7, 11) is 0. The predicted molar refractivity (Wildman–Crippen MR) is 107 cm³/mol. The maximum atomic E-state index is 9.50. The van der Waals surface area contributed by atoms with Crippen LogP contribution in [-0.2, 0) is 0 Å². The van der Waals surface area contributed by atoms with Crippen LogP contribution in [0.1, 0.15) is 5.56 Å². The predicted octanol–water partition coefficient (Wildman–Crippen LogP) is 4.93. The van der Waals surface area contributed by atoms with Crippen molar-refractivity contribution in [2.24, 2.45) is 0 Å². The van der Waals surface area contributed by atoms with Gasteiger partial charge in [0.05, 0.1) is 5.69 Å². The van der Waals surface area contributed by atoms with Crippen LogP contribution in [0.3, 0.4) is 0 Å². The molecule has 4 rings (SSSR count). The molecule has 0 radical (unpaired) electrons. The molecule has 4 aromatic rings. The Morgan fingerprint density at radius 1 is 0.741 bits per heavy atom. The quantitative estimate of drug-likeness (QED) is 0.569. The van der Waals surface area contributed by atoms with E-state index in [0.717, 1.165) is 33.5 Å². The van der Waals surface area contributed by atoms with Crippen LogP contribution in [0, 0.1) is 11.3 Å². The van der Waals surface area contributed by atoms with Gasteiger partial charge in [-0.3, -0.25) is 4.98 Å². The lowest BCUT2D eigenvalue weighted by atomic mass is 9.98. The Bertz CT molecular complexity index is 1110. The summed E-state index contributed by atoms with van der Waals surface area (Å²) < 4.78 is 0. The average molecular weight is 348 g/mol. The van der Waals surface area contributed by atoms with Crippen LogP contribution in [0.4, 0.5) is 5.82 Å². The van der Waals surface area contributed by atoms with Crippen molar-refractivity contribution in [3.63, 3.8) is 0 Å². The highest BCUT2D eigenvalue weighted by Gasteiger charge is 2.13. The van der Waals surface area contributed by atoms with E-state index in [0.29, 0.717) is 5.56 Å². The molecule has 2 aromatic carbocycles. The molecule has 0 saturated carbocycles. The lowest BCUT2D eigenvalue weighted by Gasteiger charge is -2.10. The molecule has 0 atom stereocenters. The van der Waals surface area contributed by atoms with Gasteiger partial charge in [-0.1, -0.05) is 54.6 Å². The molecule has 0 saturated heterocycles. The summed E-state index contributed by atoms with van der Waals surface area (Å²) in [4.78, 5) is 8.48. The molecule has 128 valence electrons. The molecule has 2 N–H and O–H groups in total. The number of rotatable bonds is 3. The molecule has 0 aliphatic carbocycles. The van der Waals surface area contributed by atoms with Crippen molar-refractivity contribution in [3.05, 3.63) is 90.8 Å². The second kappa shape index (κ2) is 7.11. The van der Waals surface area contributed by atoms with Crippen LogP contribution in [-0.4, -0.2) is 9.97 Å². The monoisotopic (exact) mass is 348 g/mol. The maximum absolute atomic E-state index is 9.50. The van der Waals surface area contributed by atoms with Gasteiger partial charge in [-0.25, -0.2) is 4.98 Å². The fraction of sp³-hybridized carbons (Fsp3) is 0. The molecule has 27 heavy (non-hydrogen) atoms. The topological polar surface area (TPSA) is 75.6 Å². The second-order valence-corrected chi connectivity index (χ2v) is 6.11. The summed E-state index contributed by atoms with van der Waals surface area (Å²) in [5.74, 6) is 0.231. The van der Waals surface area contributed by atoms with Crippen molar-refractivity contribution in [2.75, 3.05) is 5.73 Å². The summed E-state index contributed by atoms with van der Waals surface area (Å²) in [6, 6.07) is 26.2. The number of nitrogen functional groups attached to an aromatic ring is 1. The van der Waals surface area contributed by atoms with Gasteiger partial charge in [0, 0.05) is 23.5 Å². The molecular formula is C23H16N4. The van der Waals surface area contributed by atoms with E-state index in [9.17, 15) is 5.26 Å². The molecule has 0 amide bonds. The summed E-state index contributed by atoms with van der Waals surface area (Å²) in [6.07, 6.45) is 3.39. The number of pyridine rings is 2. The number of anilines is 1. The molecular weight excluding hydrogens is 332 g/mol. The number of benzene rings is 2. The number of nitrogens with zero attached hydrogens (tertiary/aromatic N) is 3. The summed E-state index contributed by atoms with van der Waals surface area (Å²) in [5.41, 5.74) is 12.1. The number of hydrogen-bond donors (Lipinski definition) is 1. The van der Waals surface area contributed by atoms with Crippen LogP contribution in [0.5, 0.6) is 0 Å². The van der Waals surface area contributed by atoms with Crippen molar-refractivity contribution >= 4 is 5.82 Å². The highest BCUT2D eigenvalue weighted by Crippen LogP contribution is 2.31. The minimum atomic E-state index is 0.231. The zero-order chi connectivity index (χ0) is 18.6. The zero-order valence-electron chi connectivity index (χ0n) is 14.5. The molecule has 0 aliphatic heterocycles. The Morgan fingerprint density at radius 2 is 1.37 bits per heavy atom. The molecule has 2 aromatic heterocycles. The van der Waals surface area contributed by atoms with Gasteiger partial charge >= 0.3 is 0 Å². The van der Waals surface area contributed by atoms with E-state index < -0.39 is 0 Å². The Labute approximate surface area is 157 Å². The van der Waals surface area contributed by atoms with Crippen LogP contribution >= 0.6 is 0 Å². The minimum absolute atomic E-state index is 0.231. The Hall–Kier alpha value is -3.97. The first-order chi connectivity index (χ1) is 13.3. The van der Waals surface area contributed by atoms with Gasteiger partial charge in [-0.15, -0.1) is 0 Å². The van der Waals surface area contributed by atoms with Gasteiger partial charge < -0.3 is 5.73 Å². The first-order valence-electron chi connectivity index (χ1n) is 8.53. The largest absolute Gasteiger partial charge is 0.383 e. The summed E-state index contributed by atoms with van der Waals surface area (Å²) in [6.45, 7) is 0. The molecule has 0 spiro atoms. The lowest BCUT2D eigenvalue weighted by Crippen LogP contribution is -1.99. The third-order valence-electron chi connectivity index (χ3n) is 4.44. The Kier molecular flexibility index (Phi) is 4.34. The van der Waals surface area contributed by atoms with Gasteiger partial charge in [-0.05, 0) is 34.9 Å². The van der Waals surface area contributed by atoms with Crippen LogP contribution in [0.25, 0.3) is 33.5 Å². The molecule has 2 heterocycles. The number of nitrogens with two attached hydrogens (primary N) is 1. The van der Waals surface area contributed by atoms with E-state index in [-0.39, 0.29) is 5.82 Å². The van der Waals surface area contributed by atoms with E-state index in [1.807, 2.05) is 48.5 Å². The highest BCUT2D eigenvalue weighted by atomic mass is 14.8. The van der Waals surface area contributed by atoms with Gasteiger partial charge in [0.15, 0.2) is 0 Å². The van der Waals surface area contributed by atoms with Gasteiger partial charge in [0.2, 0.25) is 0 Å². The van der Waals surface area contributed by atoms with Gasteiger partial charge in [0.25, 0.3) is 0 Å². The van der Waals surface area contributed by atoms with Crippen LogP contribution in [0.15, 0.2) is 85.2 Å². The molecule has 0 aliphatic rings. The van der Waals surface area contributed by atoms with Gasteiger partial charge in [0.1, 0.15) is 17.5 Å². The zero-order valence-corrected chi connectivity index (χ0v) is 14.5. The van der Waals surface area contributed by atoms with Crippen molar-refractivity contribution in [3.8, 4) is 39.6 Å².